The van der Waals surface area contributed by atoms with Gasteiger partial charge in [0.2, 0.25) is 10.0 Å². The van der Waals surface area contributed by atoms with Crippen molar-refractivity contribution in [1.29, 1.82) is 0 Å². The van der Waals surface area contributed by atoms with E-state index in [-0.39, 0.29) is 18.6 Å². The molecule has 0 aromatic carbocycles. The van der Waals surface area contributed by atoms with Crippen LogP contribution in [-0.4, -0.2) is 25.2 Å². The standard InChI is InChI=1S/C10H15NO5S/c1-8(9-4-2-6-16-9)11-17(14,15)7-3-5-10(12)13/h2,4,6,8,11H,3,5,7H2,1H3,(H,12,13)/t8-/m0/s1. The molecular weight excluding hydrogens is 246 g/mol. The summed E-state index contributed by atoms with van der Waals surface area (Å²) in [6.07, 6.45) is 1.40. The highest BCUT2D eigenvalue weighted by molar-refractivity contribution is 7.89. The summed E-state index contributed by atoms with van der Waals surface area (Å²) >= 11 is 0. The third kappa shape index (κ3) is 5.01. The summed E-state index contributed by atoms with van der Waals surface area (Å²) in [5.41, 5.74) is 0. The van der Waals surface area contributed by atoms with Crippen LogP contribution in [0.25, 0.3) is 0 Å². The summed E-state index contributed by atoms with van der Waals surface area (Å²) in [6, 6.07) is 2.88. The normalized spacial score (nSPS) is 13.5. The van der Waals surface area contributed by atoms with Gasteiger partial charge in [-0.05, 0) is 25.5 Å². The summed E-state index contributed by atoms with van der Waals surface area (Å²) in [5.74, 6) is -0.684. The highest BCUT2D eigenvalue weighted by atomic mass is 32.2. The molecular formula is C10H15NO5S. The molecule has 1 aromatic rings. The fraction of sp³-hybridized carbons (Fsp3) is 0.500. The van der Waals surface area contributed by atoms with Crippen LogP contribution in [0.2, 0.25) is 0 Å². The molecule has 0 saturated carbocycles. The molecule has 0 radical (unpaired) electrons. The third-order valence-corrected chi connectivity index (χ3v) is 3.67. The highest BCUT2D eigenvalue weighted by Gasteiger charge is 2.17. The van der Waals surface area contributed by atoms with Crippen molar-refractivity contribution >= 4 is 16.0 Å². The molecule has 0 bridgehead atoms. The monoisotopic (exact) mass is 261 g/mol. The van der Waals surface area contributed by atoms with Crippen LogP contribution in [0.5, 0.6) is 0 Å². The number of carboxylic acid groups (broad SMARTS) is 1. The smallest absolute Gasteiger partial charge is 0.303 e. The van der Waals surface area contributed by atoms with Crippen LogP contribution in [0.1, 0.15) is 31.6 Å². The largest absolute Gasteiger partial charge is 0.481 e. The summed E-state index contributed by atoms with van der Waals surface area (Å²) < 4.78 is 30.6. The Labute approximate surface area is 99.7 Å². The van der Waals surface area contributed by atoms with E-state index in [1.165, 1.54) is 6.26 Å². The molecule has 0 saturated heterocycles. The van der Waals surface area contributed by atoms with Crippen LogP contribution in [0.3, 0.4) is 0 Å². The highest BCUT2D eigenvalue weighted by Crippen LogP contribution is 2.13. The van der Waals surface area contributed by atoms with Crippen molar-refractivity contribution in [3.8, 4) is 0 Å². The minimum atomic E-state index is -3.48. The van der Waals surface area contributed by atoms with Crippen LogP contribution in [0, 0.1) is 0 Å². The fourth-order valence-corrected chi connectivity index (χ4v) is 2.63. The Balaban J connectivity index is 2.46. The van der Waals surface area contributed by atoms with E-state index >= 15 is 0 Å². The average molecular weight is 261 g/mol. The molecule has 0 fully saturated rings. The Morgan fingerprint density at radius 2 is 2.29 bits per heavy atom. The Hall–Kier alpha value is -1.34. The minimum Gasteiger partial charge on any atom is -0.481 e. The molecule has 96 valence electrons. The SMILES string of the molecule is C[C@H](NS(=O)(=O)CCCC(=O)O)c1ccco1. The summed E-state index contributed by atoms with van der Waals surface area (Å²) in [6.45, 7) is 1.66. The lowest BCUT2D eigenvalue weighted by Crippen LogP contribution is -2.29. The summed E-state index contributed by atoms with van der Waals surface area (Å²) in [7, 11) is -3.48. The van der Waals surface area contributed by atoms with Gasteiger partial charge in [0.1, 0.15) is 5.76 Å². The van der Waals surface area contributed by atoms with Gasteiger partial charge in [-0.2, -0.15) is 0 Å². The van der Waals surface area contributed by atoms with Crippen LogP contribution in [-0.2, 0) is 14.8 Å². The van der Waals surface area contributed by atoms with Crippen molar-refractivity contribution in [3.63, 3.8) is 0 Å². The van der Waals surface area contributed by atoms with Crippen LogP contribution < -0.4 is 4.72 Å². The molecule has 1 heterocycles. The van der Waals surface area contributed by atoms with Gasteiger partial charge in [0.25, 0.3) is 0 Å². The number of hydrogen-bond acceptors (Lipinski definition) is 4. The fourth-order valence-electron chi connectivity index (χ4n) is 1.34. The van der Waals surface area contributed by atoms with Crippen molar-refractivity contribution in [3.05, 3.63) is 24.2 Å². The number of sulfonamides is 1. The van der Waals surface area contributed by atoms with E-state index in [0.717, 1.165) is 0 Å². The molecule has 0 amide bonds. The molecule has 1 rings (SSSR count). The number of carbonyl (C=O) groups is 1. The lowest BCUT2D eigenvalue weighted by atomic mass is 10.3. The second-order valence-electron chi connectivity index (χ2n) is 3.67. The van der Waals surface area contributed by atoms with Gasteiger partial charge < -0.3 is 9.52 Å². The van der Waals surface area contributed by atoms with Gasteiger partial charge in [-0.1, -0.05) is 0 Å². The van der Waals surface area contributed by atoms with E-state index < -0.39 is 22.0 Å². The van der Waals surface area contributed by atoms with E-state index in [0.29, 0.717) is 5.76 Å². The number of carboxylic acids is 1. The zero-order valence-electron chi connectivity index (χ0n) is 9.42. The van der Waals surface area contributed by atoms with Crippen molar-refractivity contribution in [1.82, 2.24) is 4.72 Å². The molecule has 6 nitrogen and oxygen atoms in total. The Morgan fingerprint density at radius 1 is 1.59 bits per heavy atom. The summed E-state index contributed by atoms with van der Waals surface area (Å²) in [5, 5.41) is 8.41. The van der Waals surface area contributed by atoms with E-state index in [1.807, 2.05) is 0 Å². The minimum absolute atomic E-state index is 0.0928. The van der Waals surface area contributed by atoms with E-state index in [2.05, 4.69) is 4.72 Å². The van der Waals surface area contributed by atoms with Crippen molar-refractivity contribution in [2.24, 2.45) is 0 Å². The van der Waals surface area contributed by atoms with Crippen LogP contribution >= 0.6 is 0 Å². The second-order valence-corrected chi connectivity index (χ2v) is 5.54. The molecule has 0 aliphatic carbocycles. The predicted octanol–water partition coefficient (Wildman–Crippen LogP) is 1.12. The first kappa shape index (κ1) is 13.7. The van der Waals surface area contributed by atoms with Gasteiger partial charge in [0.05, 0.1) is 18.1 Å². The quantitative estimate of drug-likeness (QED) is 0.766. The molecule has 0 spiro atoms. The lowest BCUT2D eigenvalue weighted by Gasteiger charge is -2.11. The van der Waals surface area contributed by atoms with Gasteiger partial charge >= 0.3 is 5.97 Å². The van der Waals surface area contributed by atoms with Crippen LogP contribution in [0.15, 0.2) is 22.8 Å². The molecule has 2 N–H and O–H groups in total. The number of aliphatic carboxylic acids is 1. The molecule has 0 aliphatic heterocycles. The lowest BCUT2D eigenvalue weighted by molar-refractivity contribution is -0.137. The van der Waals surface area contributed by atoms with Crippen molar-refractivity contribution in [2.75, 3.05) is 5.75 Å². The predicted molar refractivity (Wildman–Crippen MR) is 60.9 cm³/mol. The van der Waals surface area contributed by atoms with Gasteiger partial charge in [-0.15, -0.1) is 0 Å². The molecule has 17 heavy (non-hydrogen) atoms. The average Bonchev–Trinajstić information content (AvgIpc) is 2.68. The molecule has 1 atom stereocenters. The van der Waals surface area contributed by atoms with Crippen LogP contribution in [0.4, 0.5) is 0 Å². The van der Waals surface area contributed by atoms with Gasteiger partial charge in [-0.25, -0.2) is 13.1 Å². The van der Waals surface area contributed by atoms with Gasteiger partial charge in [-0.3, -0.25) is 4.79 Å². The molecule has 0 unspecified atom stereocenters. The van der Waals surface area contributed by atoms with Gasteiger partial charge in [0.15, 0.2) is 0 Å². The molecule has 0 aliphatic rings. The van der Waals surface area contributed by atoms with E-state index in [4.69, 9.17) is 9.52 Å². The van der Waals surface area contributed by atoms with Crippen molar-refractivity contribution < 1.29 is 22.7 Å². The Kier molecular flexibility index (Phi) is 4.71. The van der Waals surface area contributed by atoms with Gasteiger partial charge in [0, 0.05) is 6.42 Å². The maximum atomic E-state index is 11.6. The first-order valence-electron chi connectivity index (χ1n) is 5.16. The summed E-state index contributed by atoms with van der Waals surface area (Å²) in [4.78, 5) is 10.3. The zero-order chi connectivity index (χ0) is 12.9. The number of furan rings is 1. The molecule has 7 heteroatoms. The molecule has 1 aromatic heterocycles. The number of hydrogen-bond donors (Lipinski definition) is 2. The maximum absolute atomic E-state index is 11.6. The van der Waals surface area contributed by atoms with E-state index in [1.54, 1.807) is 19.1 Å². The second kappa shape index (κ2) is 5.83. The first-order chi connectivity index (χ1) is 7.91. The Morgan fingerprint density at radius 3 is 2.82 bits per heavy atom. The first-order valence-corrected chi connectivity index (χ1v) is 6.81. The number of rotatable bonds is 7. The van der Waals surface area contributed by atoms with Crippen molar-refractivity contribution in [2.45, 2.75) is 25.8 Å². The number of nitrogens with one attached hydrogen (secondary N) is 1. The third-order valence-electron chi connectivity index (χ3n) is 2.13. The maximum Gasteiger partial charge on any atom is 0.303 e. The topological polar surface area (TPSA) is 96.6 Å². The van der Waals surface area contributed by atoms with E-state index in [9.17, 15) is 13.2 Å². The zero-order valence-corrected chi connectivity index (χ0v) is 10.2. The Bertz CT molecular complexity index is 451.